The van der Waals surface area contributed by atoms with Crippen LogP contribution in [0.15, 0.2) is 41.3 Å². The third-order valence-corrected chi connectivity index (χ3v) is 4.47. The van der Waals surface area contributed by atoms with Crippen LogP contribution in [0.2, 0.25) is 0 Å². The van der Waals surface area contributed by atoms with Crippen molar-refractivity contribution in [1.29, 1.82) is 0 Å². The second-order valence-electron chi connectivity index (χ2n) is 6.25. The molecule has 0 bridgehead atoms. The molecule has 4 aromatic rings. The summed E-state index contributed by atoms with van der Waals surface area (Å²) in [7, 11) is 0. The van der Waals surface area contributed by atoms with E-state index in [2.05, 4.69) is 15.2 Å². The number of fused-ring (bicyclic) bond motifs is 1. The fourth-order valence-electron chi connectivity index (χ4n) is 3.01. The monoisotopic (exact) mass is 356 g/mol. The van der Waals surface area contributed by atoms with Gasteiger partial charge in [0.1, 0.15) is 17.3 Å². The molecule has 1 aliphatic carbocycles. The predicted octanol–water partition coefficient (Wildman–Crippen LogP) is 4.35. The molecule has 1 fully saturated rings. The van der Waals surface area contributed by atoms with Gasteiger partial charge in [0.2, 0.25) is 0 Å². The summed E-state index contributed by atoms with van der Waals surface area (Å²) >= 11 is 0. The maximum absolute atomic E-state index is 14.2. The highest BCUT2D eigenvalue weighted by Crippen LogP contribution is 2.40. The second-order valence-corrected chi connectivity index (χ2v) is 6.25. The molecule has 0 saturated heterocycles. The standard InChI is InChI=1S/C18H11F3N4O/c19-12-6-14(21)13(20)5-11(12)16-17(26-8-22-16)10-3-4-15-23-24-18(9-1-2-9)25(15)7-10/h3-9H,1-2H2. The van der Waals surface area contributed by atoms with Crippen LogP contribution in [0.25, 0.3) is 28.2 Å². The number of hydrogen-bond donors (Lipinski definition) is 0. The first kappa shape index (κ1) is 15.1. The molecule has 3 heterocycles. The summed E-state index contributed by atoms with van der Waals surface area (Å²) in [6, 6.07) is 4.78. The van der Waals surface area contributed by atoms with Gasteiger partial charge in [-0.3, -0.25) is 4.40 Å². The quantitative estimate of drug-likeness (QED) is 0.512. The topological polar surface area (TPSA) is 56.2 Å². The molecule has 8 heteroatoms. The first-order valence-corrected chi connectivity index (χ1v) is 8.05. The lowest BCUT2D eigenvalue weighted by Gasteiger charge is -2.05. The van der Waals surface area contributed by atoms with Crippen LogP contribution in [-0.4, -0.2) is 19.6 Å². The molecule has 5 nitrogen and oxygen atoms in total. The molecule has 0 spiro atoms. The summed E-state index contributed by atoms with van der Waals surface area (Å²) in [5.41, 5.74) is 1.23. The summed E-state index contributed by atoms with van der Waals surface area (Å²) in [4.78, 5) is 4.00. The first-order valence-electron chi connectivity index (χ1n) is 8.05. The molecule has 130 valence electrons. The van der Waals surface area contributed by atoms with Crippen LogP contribution in [0.5, 0.6) is 0 Å². The zero-order valence-corrected chi connectivity index (χ0v) is 13.3. The molecule has 26 heavy (non-hydrogen) atoms. The summed E-state index contributed by atoms with van der Waals surface area (Å²) in [5, 5.41) is 8.35. The van der Waals surface area contributed by atoms with E-state index in [1.807, 2.05) is 4.40 Å². The Morgan fingerprint density at radius 3 is 2.62 bits per heavy atom. The number of rotatable bonds is 3. The number of pyridine rings is 1. The Kier molecular flexibility index (Phi) is 3.15. The van der Waals surface area contributed by atoms with E-state index in [0.717, 1.165) is 31.1 Å². The third kappa shape index (κ3) is 2.29. The van der Waals surface area contributed by atoms with Crippen LogP contribution in [0.1, 0.15) is 24.6 Å². The van der Waals surface area contributed by atoms with Crippen LogP contribution in [0, 0.1) is 17.5 Å². The van der Waals surface area contributed by atoms with Gasteiger partial charge in [0, 0.05) is 29.3 Å². The van der Waals surface area contributed by atoms with Crippen molar-refractivity contribution < 1.29 is 17.6 Å². The summed E-state index contributed by atoms with van der Waals surface area (Å²) in [6.45, 7) is 0. The summed E-state index contributed by atoms with van der Waals surface area (Å²) in [6.07, 6.45) is 5.06. The molecule has 1 aromatic carbocycles. The fourth-order valence-corrected chi connectivity index (χ4v) is 3.01. The molecule has 1 aliphatic rings. The molecular formula is C18H11F3N4O. The Labute approximate surface area is 145 Å². The van der Waals surface area contributed by atoms with Gasteiger partial charge in [0.15, 0.2) is 29.4 Å². The van der Waals surface area contributed by atoms with E-state index in [1.165, 1.54) is 0 Å². The highest BCUT2D eigenvalue weighted by molar-refractivity contribution is 5.77. The predicted molar refractivity (Wildman–Crippen MR) is 85.8 cm³/mol. The van der Waals surface area contributed by atoms with E-state index in [9.17, 15) is 13.2 Å². The molecule has 0 unspecified atom stereocenters. The summed E-state index contributed by atoms with van der Waals surface area (Å²) < 4.78 is 48.2. The van der Waals surface area contributed by atoms with Crippen molar-refractivity contribution in [1.82, 2.24) is 19.6 Å². The zero-order valence-electron chi connectivity index (χ0n) is 13.3. The van der Waals surface area contributed by atoms with Crippen molar-refractivity contribution in [2.24, 2.45) is 0 Å². The van der Waals surface area contributed by atoms with Crippen molar-refractivity contribution in [3.8, 4) is 22.6 Å². The largest absolute Gasteiger partial charge is 0.443 e. The maximum atomic E-state index is 14.2. The van der Waals surface area contributed by atoms with Gasteiger partial charge >= 0.3 is 0 Å². The Hall–Kier alpha value is -3.16. The highest BCUT2D eigenvalue weighted by Gasteiger charge is 2.29. The van der Waals surface area contributed by atoms with Gasteiger partial charge in [0.25, 0.3) is 0 Å². The lowest BCUT2D eigenvalue weighted by Crippen LogP contribution is -1.95. The molecular weight excluding hydrogens is 345 g/mol. The van der Waals surface area contributed by atoms with E-state index in [1.54, 1.807) is 18.3 Å². The molecule has 0 amide bonds. The van der Waals surface area contributed by atoms with Gasteiger partial charge in [-0.2, -0.15) is 0 Å². The molecule has 3 aromatic heterocycles. The van der Waals surface area contributed by atoms with Gasteiger partial charge in [-0.05, 0) is 31.0 Å². The van der Waals surface area contributed by atoms with Gasteiger partial charge in [0.05, 0.1) is 0 Å². The molecule has 0 radical (unpaired) electrons. The summed E-state index contributed by atoms with van der Waals surface area (Å²) in [5.74, 6) is -1.81. The molecule has 0 N–H and O–H groups in total. The minimum absolute atomic E-state index is 0.0989. The van der Waals surface area contributed by atoms with E-state index in [4.69, 9.17) is 4.42 Å². The number of nitrogens with zero attached hydrogens (tertiary/aromatic N) is 4. The average molecular weight is 356 g/mol. The van der Waals surface area contributed by atoms with Crippen molar-refractivity contribution in [2.75, 3.05) is 0 Å². The Balaban J connectivity index is 1.66. The lowest BCUT2D eigenvalue weighted by molar-refractivity contribution is 0.496. The van der Waals surface area contributed by atoms with E-state index < -0.39 is 17.5 Å². The van der Waals surface area contributed by atoms with Crippen LogP contribution >= 0.6 is 0 Å². The van der Waals surface area contributed by atoms with Gasteiger partial charge in [-0.25, -0.2) is 18.2 Å². The van der Waals surface area contributed by atoms with Crippen LogP contribution in [0.3, 0.4) is 0 Å². The SMILES string of the molecule is Fc1cc(F)c(-c2ncoc2-c2ccc3nnc(C4CC4)n3c2)cc1F. The van der Waals surface area contributed by atoms with Crippen molar-refractivity contribution in [3.63, 3.8) is 0 Å². The highest BCUT2D eigenvalue weighted by atomic mass is 19.2. The second kappa shape index (κ2) is 5.42. The van der Waals surface area contributed by atoms with E-state index in [0.29, 0.717) is 23.2 Å². The zero-order chi connectivity index (χ0) is 17.8. The molecule has 0 atom stereocenters. The minimum atomic E-state index is -1.25. The van der Waals surface area contributed by atoms with Crippen LogP contribution in [0.4, 0.5) is 13.2 Å². The third-order valence-electron chi connectivity index (χ3n) is 4.47. The fraction of sp³-hybridized carbons (Fsp3) is 0.167. The Morgan fingerprint density at radius 1 is 1.00 bits per heavy atom. The molecule has 0 aliphatic heterocycles. The van der Waals surface area contributed by atoms with Crippen molar-refractivity contribution in [3.05, 3.63) is 60.1 Å². The van der Waals surface area contributed by atoms with Crippen LogP contribution in [-0.2, 0) is 0 Å². The molecule has 5 rings (SSSR count). The smallest absolute Gasteiger partial charge is 0.182 e. The average Bonchev–Trinajstić information content (AvgIpc) is 3.20. The number of halogens is 3. The number of aromatic nitrogens is 4. The maximum Gasteiger partial charge on any atom is 0.182 e. The van der Waals surface area contributed by atoms with Crippen molar-refractivity contribution >= 4 is 5.65 Å². The van der Waals surface area contributed by atoms with Crippen LogP contribution < -0.4 is 0 Å². The molecule has 1 saturated carbocycles. The number of hydrogen-bond acceptors (Lipinski definition) is 4. The van der Waals surface area contributed by atoms with Gasteiger partial charge < -0.3 is 4.42 Å². The number of benzene rings is 1. The Bertz CT molecular complexity index is 1150. The lowest BCUT2D eigenvalue weighted by atomic mass is 10.1. The Morgan fingerprint density at radius 2 is 1.81 bits per heavy atom. The minimum Gasteiger partial charge on any atom is -0.443 e. The van der Waals surface area contributed by atoms with Crippen molar-refractivity contribution in [2.45, 2.75) is 18.8 Å². The van der Waals surface area contributed by atoms with E-state index in [-0.39, 0.29) is 17.0 Å². The normalized spacial score (nSPS) is 14.3. The van der Waals surface area contributed by atoms with E-state index >= 15 is 0 Å². The number of oxazole rings is 1. The van der Waals surface area contributed by atoms with Gasteiger partial charge in [-0.1, -0.05) is 0 Å². The van der Waals surface area contributed by atoms with Gasteiger partial charge in [-0.15, -0.1) is 10.2 Å². The first-order chi connectivity index (χ1) is 12.6.